The van der Waals surface area contributed by atoms with Crippen LogP contribution in [0.2, 0.25) is 5.02 Å². The van der Waals surface area contributed by atoms with Crippen LogP contribution in [0.4, 0.5) is 0 Å². The normalized spacial score (nSPS) is 17.6. The minimum absolute atomic E-state index is 0. The number of benzene rings is 1. The molecule has 27 heavy (non-hydrogen) atoms. The molecule has 5 nitrogen and oxygen atoms in total. The Labute approximate surface area is 169 Å². The zero-order chi connectivity index (χ0) is 18.1. The molecule has 0 amide bonds. The predicted octanol–water partition coefficient (Wildman–Crippen LogP) is 3.22. The molecule has 1 aromatic carbocycles. The standard InChI is InChI=1S/C20H21ClN4O.ClH/c1-14-5-6-19-23-17(10-20(26)25(19)12-14)13-24-8-7-22-11-18(24)15-3-2-4-16(21)9-15;/h2-6,9-10,12,18,22H,7-8,11,13H2,1H3;1H. The van der Waals surface area contributed by atoms with Gasteiger partial charge in [0.25, 0.3) is 5.56 Å². The smallest absolute Gasteiger partial charge is 0.258 e. The minimum atomic E-state index is -0.0388. The fourth-order valence-corrected chi connectivity index (χ4v) is 3.72. The summed E-state index contributed by atoms with van der Waals surface area (Å²) < 4.78 is 1.60. The van der Waals surface area contributed by atoms with Gasteiger partial charge in [0.2, 0.25) is 0 Å². The number of piperazine rings is 1. The summed E-state index contributed by atoms with van der Waals surface area (Å²) in [5.74, 6) is 0. The Morgan fingerprint density at radius 1 is 1.26 bits per heavy atom. The summed E-state index contributed by atoms with van der Waals surface area (Å²) in [7, 11) is 0. The third kappa shape index (κ3) is 4.33. The van der Waals surface area contributed by atoms with E-state index in [0.717, 1.165) is 35.9 Å². The molecule has 0 aliphatic carbocycles. The molecule has 0 radical (unpaired) electrons. The average molecular weight is 405 g/mol. The van der Waals surface area contributed by atoms with Crippen LogP contribution in [0.25, 0.3) is 5.65 Å². The number of nitrogens with one attached hydrogen (secondary N) is 1. The van der Waals surface area contributed by atoms with E-state index in [2.05, 4.69) is 16.3 Å². The van der Waals surface area contributed by atoms with Crippen LogP contribution in [0, 0.1) is 6.92 Å². The number of rotatable bonds is 3. The molecule has 1 atom stereocenters. The number of aryl methyl sites for hydroxylation is 1. The van der Waals surface area contributed by atoms with Crippen molar-refractivity contribution in [3.63, 3.8) is 0 Å². The van der Waals surface area contributed by atoms with Crippen LogP contribution in [-0.2, 0) is 6.54 Å². The topological polar surface area (TPSA) is 49.6 Å². The van der Waals surface area contributed by atoms with E-state index in [9.17, 15) is 4.79 Å². The molecule has 3 heterocycles. The van der Waals surface area contributed by atoms with Gasteiger partial charge in [-0.3, -0.25) is 14.1 Å². The molecule has 1 fully saturated rings. The molecule has 3 aromatic rings. The molecule has 1 N–H and O–H groups in total. The van der Waals surface area contributed by atoms with E-state index in [1.807, 2.05) is 43.5 Å². The third-order valence-corrected chi connectivity index (χ3v) is 5.05. The quantitative estimate of drug-likeness (QED) is 0.727. The van der Waals surface area contributed by atoms with Gasteiger partial charge in [-0.25, -0.2) is 4.98 Å². The number of nitrogens with zero attached hydrogens (tertiary/aromatic N) is 3. The Morgan fingerprint density at radius 2 is 2.11 bits per heavy atom. The second kappa shape index (κ2) is 8.40. The van der Waals surface area contributed by atoms with Gasteiger partial charge in [-0.2, -0.15) is 0 Å². The Hall–Kier alpha value is -1.92. The molecule has 0 saturated carbocycles. The van der Waals surface area contributed by atoms with Crippen molar-refractivity contribution in [3.8, 4) is 0 Å². The van der Waals surface area contributed by atoms with Crippen molar-refractivity contribution in [2.75, 3.05) is 19.6 Å². The maximum absolute atomic E-state index is 12.5. The second-order valence-corrected chi connectivity index (χ2v) is 7.20. The molecule has 1 unspecified atom stereocenters. The molecule has 1 aliphatic heterocycles. The first kappa shape index (κ1) is 19.8. The van der Waals surface area contributed by atoms with Crippen LogP contribution >= 0.6 is 24.0 Å². The van der Waals surface area contributed by atoms with E-state index in [4.69, 9.17) is 16.6 Å². The van der Waals surface area contributed by atoms with Gasteiger partial charge in [0, 0.05) is 49.5 Å². The lowest BCUT2D eigenvalue weighted by Gasteiger charge is -2.36. The van der Waals surface area contributed by atoms with Crippen LogP contribution < -0.4 is 10.9 Å². The van der Waals surface area contributed by atoms with Crippen molar-refractivity contribution in [3.05, 3.63) is 80.9 Å². The molecular weight excluding hydrogens is 383 g/mol. The maximum Gasteiger partial charge on any atom is 0.258 e. The van der Waals surface area contributed by atoms with Crippen molar-refractivity contribution >= 4 is 29.7 Å². The van der Waals surface area contributed by atoms with Gasteiger partial charge in [0.1, 0.15) is 5.65 Å². The lowest BCUT2D eigenvalue weighted by molar-refractivity contribution is 0.152. The zero-order valence-electron chi connectivity index (χ0n) is 15.1. The number of hydrogen-bond acceptors (Lipinski definition) is 4. The first-order chi connectivity index (χ1) is 12.6. The Balaban J connectivity index is 0.00000210. The summed E-state index contributed by atoms with van der Waals surface area (Å²) in [6, 6.07) is 13.7. The highest BCUT2D eigenvalue weighted by atomic mass is 35.5. The molecule has 1 aliphatic rings. The van der Waals surface area contributed by atoms with Crippen LogP contribution in [0.15, 0.2) is 53.5 Å². The highest BCUT2D eigenvalue weighted by molar-refractivity contribution is 6.30. The van der Waals surface area contributed by atoms with Gasteiger partial charge in [-0.1, -0.05) is 29.8 Å². The van der Waals surface area contributed by atoms with Gasteiger partial charge in [-0.15, -0.1) is 12.4 Å². The van der Waals surface area contributed by atoms with Gasteiger partial charge in [-0.05, 0) is 36.2 Å². The Morgan fingerprint density at radius 3 is 2.93 bits per heavy atom. The summed E-state index contributed by atoms with van der Waals surface area (Å²) in [4.78, 5) is 19.5. The molecule has 7 heteroatoms. The zero-order valence-corrected chi connectivity index (χ0v) is 16.6. The first-order valence-corrected chi connectivity index (χ1v) is 9.17. The lowest BCUT2D eigenvalue weighted by atomic mass is 10.0. The van der Waals surface area contributed by atoms with Gasteiger partial charge >= 0.3 is 0 Å². The van der Waals surface area contributed by atoms with Crippen LogP contribution in [-0.4, -0.2) is 33.9 Å². The predicted molar refractivity (Wildman–Crippen MR) is 111 cm³/mol. The highest BCUT2D eigenvalue weighted by Gasteiger charge is 2.24. The van der Waals surface area contributed by atoms with Crippen molar-refractivity contribution in [1.29, 1.82) is 0 Å². The number of aromatic nitrogens is 2. The van der Waals surface area contributed by atoms with E-state index in [-0.39, 0.29) is 24.0 Å². The minimum Gasteiger partial charge on any atom is -0.314 e. The second-order valence-electron chi connectivity index (χ2n) is 6.77. The largest absolute Gasteiger partial charge is 0.314 e. The Kier molecular flexibility index (Phi) is 6.17. The summed E-state index contributed by atoms with van der Waals surface area (Å²) >= 11 is 6.18. The first-order valence-electron chi connectivity index (χ1n) is 8.79. The number of pyridine rings is 1. The molecule has 0 spiro atoms. The average Bonchev–Trinajstić information content (AvgIpc) is 2.63. The van der Waals surface area contributed by atoms with E-state index in [1.54, 1.807) is 10.5 Å². The van der Waals surface area contributed by atoms with E-state index < -0.39 is 0 Å². The SMILES string of the molecule is Cc1ccc2nc(CN3CCNCC3c3cccc(Cl)c3)cc(=O)n2c1.Cl. The molecule has 2 aromatic heterocycles. The van der Waals surface area contributed by atoms with Crippen molar-refractivity contribution in [2.24, 2.45) is 0 Å². The van der Waals surface area contributed by atoms with Crippen LogP contribution in [0.5, 0.6) is 0 Å². The van der Waals surface area contributed by atoms with Crippen LogP contribution in [0.3, 0.4) is 0 Å². The molecule has 4 rings (SSSR count). The third-order valence-electron chi connectivity index (χ3n) is 4.81. The van der Waals surface area contributed by atoms with E-state index in [1.165, 1.54) is 5.56 Å². The van der Waals surface area contributed by atoms with Gasteiger partial charge in [0.05, 0.1) is 5.69 Å². The number of hydrogen-bond donors (Lipinski definition) is 1. The molecule has 1 saturated heterocycles. The number of fused-ring (bicyclic) bond motifs is 1. The summed E-state index contributed by atoms with van der Waals surface area (Å²) in [6.45, 7) is 5.27. The summed E-state index contributed by atoms with van der Waals surface area (Å²) in [5, 5.41) is 4.19. The van der Waals surface area contributed by atoms with Gasteiger partial charge < -0.3 is 5.32 Å². The van der Waals surface area contributed by atoms with Crippen molar-refractivity contribution in [1.82, 2.24) is 19.6 Å². The Bertz CT molecular complexity index is 1000. The molecule has 0 bridgehead atoms. The lowest BCUT2D eigenvalue weighted by Crippen LogP contribution is -2.45. The molecular formula is C20H22Cl2N4O. The van der Waals surface area contributed by atoms with E-state index >= 15 is 0 Å². The van der Waals surface area contributed by atoms with Crippen molar-refractivity contribution < 1.29 is 0 Å². The monoisotopic (exact) mass is 404 g/mol. The van der Waals surface area contributed by atoms with Crippen LogP contribution in [0.1, 0.15) is 22.9 Å². The fourth-order valence-electron chi connectivity index (χ4n) is 3.53. The fraction of sp³-hybridized carbons (Fsp3) is 0.300. The highest BCUT2D eigenvalue weighted by Crippen LogP contribution is 2.25. The van der Waals surface area contributed by atoms with Gasteiger partial charge in [0.15, 0.2) is 0 Å². The maximum atomic E-state index is 12.5. The molecule has 142 valence electrons. The van der Waals surface area contributed by atoms with E-state index in [0.29, 0.717) is 12.2 Å². The summed E-state index contributed by atoms with van der Waals surface area (Å²) in [6.07, 6.45) is 1.83. The number of halogens is 2. The van der Waals surface area contributed by atoms with Crippen molar-refractivity contribution in [2.45, 2.75) is 19.5 Å². The summed E-state index contributed by atoms with van der Waals surface area (Å²) in [5.41, 5.74) is 3.67.